The zero-order valence-corrected chi connectivity index (χ0v) is 12.6. The van der Waals surface area contributed by atoms with Crippen molar-refractivity contribution < 1.29 is 4.79 Å². The fourth-order valence-electron chi connectivity index (χ4n) is 1.83. The van der Waals surface area contributed by atoms with E-state index in [4.69, 9.17) is 28.5 Å². The highest BCUT2D eigenvalue weighted by atomic mass is 35.5. The van der Waals surface area contributed by atoms with Crippen molar-refractivity contribution in [1.29, 1.82) is 5.26 Å². The fourth-order valence-corrected chi connectivity index (χ4v) is 2.40. The zero-order valence-electron chi connectivity index (χ0n) is 11.0. The molecular formula is C13H11Cl2N5O. The van der Waals surface area contributed by atoms with Crippen molar-refractivity contribution in [3.8, 4) is 6.07 Å². The Hall–Kier alpha value is -2.10. The molecule has 0 radical (unpaired) electrons. The van der Waals surface area contributed by atoms with E-state index >= 15 is 0 Å². The van der Waals surface area contributed by atoms with Gasteiger partial charge in [-0.05, 0) is 24.6 Å². The molecule has 0 spiro atoms. The summed E-state index contributed by atoms with van der Waals surface area (Å²) in [5, 5.41) is 19.8. The van der Waals surface area contributed by atoms with Crippen LogP contribution in [0.1, 0.15) is 24.4 Å². The Balaban J connectivity index is 2.04. The number of aromatic nitrogens is 3. The number of rotatable bonds is 4. The summed E-state index contributed by atoms with van der Waals surface area (Å²) in [6.45, 7) is 1.77. The Kier molecular flexibility index (Phi) is 4.78. The maximum Gasteiger partial charge on any atom is 0.240 e. The Morgan fingerprint density at radius 3 is 2.95 bits per heavy atom. The number of hydrogen-bond donors (Lipinski definition) is 1. The highest BCUT2D eigenvalue weighted by molar-refractivity contribution is 6.35. The molecule has 108 valence electrons. The van der Waals surface area contributed by atoms with E-state index in [-0.39, 0.29) is 24.3 Å². The van der Waals surface area contributed by atoms with E-state index < -0.39 is 0 Å². The molecule has 1 heterocycles. The first kappa shape index (κ1) is 15.3. The summed E-state index contributed by atoms with van der Waals surface area (Å²) in [5.41, 5.74) is 0.763. The number of carbonyl (C=O) groups is 1. The van der Waals surface area contributed by atoms with Crippen LogP contribution in [0.3, 0.4) is 0 Å². The Morgan fingerprint density at radius 2 is 2.29 bits per heavy atom. The van der Waals surface area contributed by atoms with Gasteiger partial charge < -0.3 is 5.32 Å². The molecule has 8 heteroatoms. The van der Waals surface area contributed by atoms with Gasteiger partial charge in [0.1, 0.15) is 18.9 Å². The van der Waals surface area contributed by atoms with Gasteiger partial charge in [-0.15, -0.1) is 10.2 Å². The van der Waals surface area contributed by atoms with Gasteiger partial charge in [-0.25, -0.2) is 0 Å². The van der Waals surface area contributed by atoms with Crippen LogP contribution in [0, 0.1) is 11.3 Å². The van der Waals surface area contributed by atoms with E-state index in [1.54, 1.807) is 18.2 Å². The van der Waals surface area contributed by atoms with Gasteiger partial charge in [-0.1, -0.05) is 29.3 Å². The third kappa shape index (κ3) is 3.72. The molecule has 1 aromatic heterocycles. The quantitative estimate of drug-likeness (QED) is 0.935. The number of halogens is 2. The number of benzene rings is 1. The van der Waals surface area contributed by atoms with Crippen molar-refractivity contribution in [3.05, 3.63) is 46.0 Å². The average Bonchev–Trinajstić information content (AvgIpc) is 2.85. The summed E-state index contributed by atoms with van der Waals surface area (Å²) in [5.74, 6) is -0.188. The molecule has 0 aliphatic heterocycles. The van der Waals surface area contributed by atoms with Crippen molar-refractivity contribution in [2.24, 2.45) is 0 Å². The van der Waals surface area contributed by atoms with Gasteiger partial charge in [0.05, 0.1) is 6.04 Å². The van der Waals surface area contributed by atoms with E-state index in [0.717, 1.165) is 5.56 Å². The van der Waals surface area contributed by atoms with Crippen LogP contribution in [0.5, 0.6) is 0 Å². The first-order valence-corrected chi connectivity index (χ1v) is 6.79. The van der Waals surface area contributed by atoms with Crippen LogP contribution in [0.15, 0.2) is 24.5 Å². The predicted molar refractivity (Wildman–Crippen MR) is 77.8 cm³/mol. The normalized spacial score (nSPS) is 11.7. The van der Waals surface area contributed by atoms with Crippen LogP contribution in [0.25, 0.3) is 0 Å². The molecular weight excluding hydrogens is 313 g/mol. The van der Waals surface area contributed by atoms with E-state index in [0.29, 0.717) is 10.0 Å². The van der Waals surface area contributed by atoms with Crippen LogP contribution >= 0.6 is 23.2 Å². The first-order valence-electron chi connectivity index (χ1n) is 6.03. The molecule has 0 fully saturated rings. The lowest BCUT2D eigenvalue weighted by Crippen LogP contribution is -2.30. The summed E-state index contributed by atoms with van der Waals surface area (Å²) in [6, 6.07) is 6.65. The number of amides is 1. The summed E-state index contributed by atoms with van der Waals surface area (Å²) in [7, 11) is 0. The zero-order chi connectivity index (χ0) is 15.4. The molecule has 0 saturated carbocycles. The molecule has 2 aromatic rings. The topological polar surface area (TPSA) is 83.6 Å². The van der Waals surface area contributed by atoms with Crippen LogP contribution < -0.4 is 5.32 Å². The van der Waals surface area contributed by atoms with E-state index in [1.807, 2.05) is 13.0 Å². The van der Waals surface area contributed by atoms with Gasteiger partial charge in [-0.3, -0.25) is 9.36 Å². The Bertz CT molecular complexity index is 707. The molecule has 0 aliphatic carbocycles. The monoisotopic (exact) mass is 323 g/mol. The number of nitrogens with one attached hydrogen (secondary N) is 1. The minimum atomic E-state index is -0.288. The van der Waals surface area contributed by atoms with E-state index in [2.05, 4.69) is 15.5 Å². The number of nitrogens with zero attached hydrogens (tertiary/aromatic N) is 4. The van der Waals surface area contributed by atoms with Crippen LogP contribution in [0.4, 0.5) is 0 Å². The van der Waals surface area contributed by atoms with Crippen molar-refractivity contribution in [2.45, 2.75) is 19.5 Å². The molecule has 2 rings (SSSR count). The van der Waals surface area contributed by atoms with Gasteiger partial charge >= 0.3 is 0 Å². The van der Waals surface area contributed by atoms with Crippen LogP contribution in [-0.4, -0.2) is 20.7 Å². The van der Waals surface area contributed by atoms with E-state index in [9.17, 15) is 4.79 Å². The van der Waals surface area contributed by atoms with Gasteiger partial charge in [0.2, 0.25) is 11.7 Å². The molecule has 1 amide bonds. The highest BCUT2D eigenvalue weighted by Gasteiger charge is 2.14. The number of carbonyl (C=O) groups excluding carboxylic acids is 1. The van der Waals surface area contributed by atoms with Gasteiger partial charge in [0.25, 0.3) is 0 Å². The van der Waals surface area contributed by atoms with Crippen LogP contribution in [-0.2, 0) is 11.3 Å². The van der Waals surface area contributed by atoms with Gasteiger partial charge in [-0.2, -0.15) is 5.26 Å². The molecule has 1 aromatic carbocycles. The molecule has 0 bridgehead atoms. The lowest BCUT2D eigenvalue weighted by Gasteiger charge is -2.16. The van der Waals surface area contributed by atoms with Gasteiger partial charge in [0, 0.05) is 10.0 Å². The molecule has 21 heavy (non-hydrogen) atoms. The van der Waals surface area contributed by atoms with Crippen molar-refractivity contribution >= 4 is 29.1 Å². The molecule has 1 N–H and O–H groups in total. The second kappa shape index (κ2) is 6.57. The molecule has 1 unspecified atom stereocenters. The first-order chi connectivity index (χ1) is 10.0. The molecule has 6 nitrogen and oxygen atoms in total. The minimum Gasteiger partial charge on any atom is -0.348 e. The second-order valence-corrected chi connectivity index (χ2v) is 5.19. The average molecular weight is 324 g/mol. The molecule has 0 saturated heterocycles. The van der Waals surface area contributed by atoms with Crippen molar-refractivity contribution in [3.63, 3.8) is 0 Å². The maximum atomic E-state index is 12.0. The minimum absolute atomic E-state index is 0.0363. The third-order valence-electron chi connectivity index (χ3n) is 2.84. The second-order valence-electron chi connectivity index (χ2n) is 4.35. The molecule has 1 atom stereocenters. The lowest BCUT2D eigenvalue weighted by atomic mass is 10.1. The number of nitriles is 1. The van der Waals surface area contributed by atoms with Crippen LogP contribution in [0.2, 0.25) is 10.0 Å². The summed E-state index contributed by atoms with van der Waals surface area (Å²) in [6.07, 6.45) is 1.33. The summed E-state index contributed by atoms with van der Waals surface area (Å²) in [4.78, 5) is 12.0. The summed E-state index contributed by atoms with van der Waals surface area (Å²) >= 11 is 11.9. The smallest absolute Gasteiger partial charge is 0.240 e. The molecule has 0 aliphatic rings. The lowest BCUT2D eigenvalue weighted by molar-refractivity contribution is -0.122. The Labute approximate surface area is 131 Å². The highest BCUT2D eigenvalue weighted by Crippen LogP contribution is 2.25. The largest absolute Gasteiger partial charge is 0.348 e. The maximum absolute atomic E-state index is 12.0. The SMILES string of the molecule is CC(NC(=O)Cn1cnnc1C#N)c1ccc(Cl)cc1Cl. The van der Waals surface area contributed by atoms with E-state index in [1.165, 1.54) is 10.9 Å². The fraction of sp³-hybridized carbons (Fsp3) is 0.231. The summed E-state index contributed by atoms with van der Waals surface area (Å²) < 4.78 is 1.37. The standard InChI is InChI=1S/C13H11Cl2N5O/c1-8(10-3-2-9(14)4-11(10)15)18-13(21)6-20-7-17-19-12(20)5-16/h2-4,7-8H,6H2,1H3,(H,18,21). The van der Waals surface area contributed by atoms with Crippen molar-refractivity contribution in [2.75, 3.05) is 0 Å². The van der Waals surface area contributed by atoms with Gasteiger partial charge in [0.15, 0.2) is 0 Å². The third-order valence-corrected chi connectivity index (χ3v) is 3.40. The predicted octanol–water partition coefficient (Wildman–Crippen LogP) is 2.33. The Morgan fingerprint density at radius 1 is 1.52 bits per heavy atom. The van der Waals surface area contributed by atoms with Crippen molar-refractivity contribution in [1.82, 2.24) is 20.1 Å². The number of hydrogen-bond acceptors (Lipinski definition) is 4.